The maximum atomic E-state index is 11.6. The quantitative estimate of drug-likeness (QED) is 0.785. The molecule has 0 spiro atoms. The van der Waals surface area contributed by atoms with Gasteiger partial charge in [-0.1, -0.05) is 35.7 Å². The molecule has 1 aliphatic rings. The molecule has 0 unspecified atom stereocenters. The highest BCUT2D eigenvalue weighted by Crippen LogP contribution is 2.12. The Labute approximate surface area is 120 Å². The van der Waals surface area contributed by atoms with Crippen LogP contribution in [0, 0.1) is 0 Å². The SMILES string of the molecule is CCN(CC)C(=S)SCC(=O)N=C1NC(=O)CS1. The Morgan fingerprint density at radius 2 is 2.22 bits per heavy atom. The van der Waals surface area contributed by atoms with Crippen molar-refractivity contribution in [2.45, 2.75) is 13.8 Å². The zero-order valence-corrected chi connectivity index (χ0v) is 12.7. The van der Waals surface area contributed by atoms with Crippen LogP contribution in [0.25, 0.3) is 0 Å². The number of rotatable bonds is 4. The molecule has 0 aliphatic carbocycles. The highest BCUT2D eigenvalue weighted by atomic mass is 32.2. The smallest absolute Gasteiger partial charge is 0.258 e. The van der Waals surface area contributed by atoms with Gasteiger partial charge in [-0.3, -0.25) is 9.59 Å². The topological polar surface area (TPSA) is 61.8 Å². The molecule has 18 heavy (non-hydrogen) atoms. The van der Waals surface area contributed by atoms with Gasteiger partial charge in [-0.25, -0.2) is 0 Å². The van der Waals surface area contributed by atoms with Crippen molar-refractivity contribution < 1.29 is 9.59 Å². The van der Waals surface area contributed by atoms with Crippen LogP contribution in [0.2, 0.25) is 0 Å². The predicted octanol–water partition coefficient (Wildman–Crippen LogP) is 1.09. The first kappa shape index (κ1) is 15.5. The lowest BCUT2D eigenvalue weighted by molar-refractivity contribution is -0.116. The van der Waals surface area contributed by atoms with Crippen LogP contribution in [0.5, 0.6) is 0 Å². The minimum atomic E-state index is -0.279. The number of nitrogens with one attached hydrogen (secondary N) is 1. The molecular weight excluding hydrogens is 290 g/mol. The summed E-state index contributed by atoms with van der Waals surface area (Å²) in [5, 5.41) is 2.91. The molecule has 8 heteroatoms. The fraction of sp³-hybridized carbons (Fsp3) is 0.600. The highest BCUT2D eigenvalue weighted by Gasteiger charge is 2.18. The van der Waals surface area contributed by atoms with Gasteiger partial charge in [0.1, 0.15) is 4.32 Å². The Balaban J connectivity index is 2.37. The Hall–Kier alpha value is -0.600. The molecule has 1 saturated heterocycles. The van der Waals surface area contributed by atoms with Crippen LogP contribution in [0.1, 0.15) is 13.8 Å². The van der Waals surface area contributed by atoms with Gasteiger partial charge in [0.2, 0.25) is 5.91 Å². The Bertz CT molecular complexity index is 381. The lowest BCUT2D eigenvalue weighted by Crippen LogP contribution is -2.27. The van der Waals surface area contributed by atoms with E-state index in [0.717, 1.165) is 13.1 Å². The largest absolute Gasteiger partial charge is 0.358 e. The minimum absolute atomic E-state index is 0.113. The van der Waals surface area contributed by atoms with E-state index in [2.05, 4.69) is 10.3 Å². The third-order valence-electron chi connectivity index (χ3n) is 2.15. The molecule has 0 radical (unpaired) electrons. The van der Waals surface area contributed by atoms with Gasteiger partial charge in [-0.15, -0.1) is 0 Å². The lowest BCUT2D eigenvalue weighted by atomic mass is 10.6. The summed E-state index contributed by atoms with van der Waals surface area (Å²) in [5.74, 6) is 0.143. The van der Waals surface area contributed by atoms with Crippen molar-refractivity contribution in [3.05, 3.63) is 0 Å². The Kier molecular flexibility index (Phi) is 6.66. The third-order valence-corrected chi connectivity index (χ3v) is 4.53. The molecule has 100 valence electrons. The molecular formula is C10H15N3O2S3. The van der Waals surface area contributed by atoms with E-state index in [-0.39, 0.29) is 17.6 Å². The number of nitrogens with zero attached hydrogens (tertiary/aromatic N) is 2. The second kappa shape index (κ2) is 7.75. The summed E-state index contributed by atoms with van der Waals surface area (Å²) in [7, 11) is 0. The molecule has 1 N–H and O–H groups in total. The first-order valence-electron chi connectivity index (χ1n) is 5.52. The van der Waals surface area contributed by atoms with Gasteiger partial charge in [0, 0.05) is 13.1 Å². The lowest BCUT2D eigenvalue weighted by Gasteiger charge is -2.20. The highest BCUT2D eigenvalue weighted by molar-refractivity contribution is 8.23. The molecule has 0 aromatic carbocycles. The summed E-state index contributed by atoms with van der Waals surface area (Å²) in [6.45, 7) is 5.69. The number of aliphatic imine (C=N–C) groups is 1. The van der Waals surface area contributed by atoms with Crippen molar-refractivity contribution >= 4 is 57.0 Å². The molecule has 1 fully saturated rings. The van der Waals surface area contributed by atoms with E-state index in [1.54, 1.807) is 0 Å². The maximum Gasteiger partial charge on any atom is 0.258 e. The molecule has 1 rings (SSSR count). The summed E-state index contributed by atoms with van der Waals surface area (Å²) in [4.78, 5) is 28.3. The monoisotopic (exact) mass is 305 g/mol. The average Bonchev–Trinajstić information content (AvgIpc) is 2.73. The van der Waals surface area contributed by atoms with Gasteiger partial charge in [-0.05, 0) is 13.8 Å². The van der Waals surface area contributed by atoms with Gasteiger partial charge >= 0.3 is 0 Å². The summed E-state index contributed by atoms with van der Waals surface area (Å²) in [5.41, 5.74) is 0. The number of thioether (sulfide) groups is 2. The second-order valence-electron chi connectivity index (χ2n) is 3.37. The first-order chi connectivity index (χ1) is 8.56. The van der Waals surface area contributed by atoms with Crippen LogP contribution >= 0.6 is 35.7 Å². The molecule has 2 amide bonds. The molecule has 0 saturated carbocycles. The van der Waals surface area contributed by atoms with Crippen LogP contribution in [0.3, 0.4) is 0 Å². The number of carbonyl (C=O) groups excluding carboxylic acids is 2. The molecule has 1 aliphatic heterocycles. The summed E-state index contributed by atoms with van der Waals surface area (Å²) in [6.07, 6.45) is 0. The maximum absolute atomic E-state index is 11.6. The van der Waals surface area contributed by atoms with Crippen LogP contribution in [0.4, 0.5) is 0 Å². The van der Waals surface area contributed by atoms with Crippen molar-refractivity contribution in [1.29, 1.82) is 0 Å². The van der Waals surface area contributed by atoms with Crippen molar-refractivity contribution in [3.8, 4) is 0 Å². The molecule has 0 aromatic rings. The van der Waals surface area contributed by atoms with Gasteiger partial charge < -0.3 is 10.2 Å². The van der Waals surface area contributed by atoms with E-state index < -0.39 is 0 Å². The summed E-state index contributed by atoms with van der Waals surface area (Å²) >= 11 is 7.76. The second-order valence-corrected chi connectivity index (χ2v) is 5.95. The standard InChI is InChI=1S/C10H15N3O2S3/c1-3-13(4-2)10(16)18-6-8(15)12-9-11-7(14)5-17-9/h3-6H2,1-2H3,(H,11,12,14,15). The number of amides is 2. The van der Waals surface area contributed by atoms with E-state index in [1.807, 2.05) is 18.7 Å². The van der Waals surface area contributed by atoms with E-state index in [9.17, 15) is 9.59 Å². The number of hydrogen-bond donors (Lipinski definition) is 1. The van der Waals surface area contributed by atoms with Crippen LogP contribution in [0.15, 0.2) is 4.99 Å². The Morgan fingerprint density at radius 1 is 1.56 bits per heavy atom. The molecule has 0 atom stereocenters. The van der Waals surface area contributed by atoms with Crippen molar-refractivity contribution in [1.82, 2.24) is 10.2 Å². The third kappa shape index (κ3) is 4.95. The normalized spacial score (nSPS) is 16.8. The summed E-state index contributed by atoms with van der Waals surface area (Å²) < 4.78 is 0.705. The minimum Gasteiger partial charge on any atom is -0.358 e. The van der Waals surface area contributed by atoms with Gasteiger partial charge in [-0.2, -0.15) is 4.99 Å². The van der Waals surface area contributed by atoms with Crippen LogP contribution < -0.4 is 5.32 Å². The van der Waals surface area contributed by atoms with Crippen LogP contribution in [-0.4, -0.2) is 50.8 Å². The van der Waals surface area contributed by atoms with E-state index in [0.29, 0.717) is 15.2 Å². The van der Waals surface area contributed by atoms with Gasteiger partial charge in [0.15, 0.2) is 5.17 Å². The van der Waals surface area contributed by atoms with Crippen molar-refractivity contribution in [2.24, 2.45) is 4.99 Å². The zero-order chi connectivity index (χ0) is 13.5. The zero-order valence-electron chi connectivity index (χ0n) is 10.3. The summed E-state index contributed by atoms with van der Waals surface area (Å²) in [6, 6.07) is 0. The predicted molar refractivity (Wildman–Crippen MR) is 81.0 cm³/mol. The first-order valence-corrected chi connectivity index (χ1v) is 7.90. The number of hydrogen-bond acceptors (Lipinski definition) is 5. The fourth-order valence-electron chi connectivity index (χ4n) is 1.23. The molecule has 5 nitrogen and oxygen atoms in total. The average molecular weight is 305 g/mol. The van der Waals surface area contributed by atoms with Crippen LogP contribution in [-0.2, 0) is 9.59 Å². The molecule has 1 heterocycles. The van der Waals surface area contributed by atoms with Gasteiger partial charge in [0.05, 0.1) is 11.5 Å². The van der Waals surface area contributed by atoms with E-state index in [4.69, 9.17) is 12.2 Å². The Morgan fingerprint density at radius 3 is 2.72 bits per heavy atom. The van der Waals surface area contributed by atoms with Crippen molar-refractivity contribution in [3.63, 3.8) is 0 Å². The van der Waals surface area contributed by atoms with Crippen molar-refractivity contribution in [2.75, 3.05) is 24.6 Å². The molecule has 0 aromatic heterocycles. The molecule has 0 bridgehead atoms. The number of amidine groups is 1. The number of carbonyl (C=O) groups is 2. The van der Waals surface area contributed by atoms with Gasteiger partial charge in [0.25, 0.3) is 5.91 Å². The van der Waals surface area contributed by atoms with E-state index in [1.165, 1.54) is 23.5 Å². The van der Waals surface area contributed by atoms with E-state index >= 15 is 0 Å². The number of thiocarbonyl (C=S) groups is 1. The fourth-order valence-corrected chi connectivity index (χ4v) is 3.11.